The van der Waals surface area contributed by atoms with Crippen LogP contribution in [0.15, 0.2) is 47.6 Å². The summed E-state index contributed by atoms with van der Waals surface area (Å²) in [6.45, 7) is 0. The molecule has 2 aromatic rings. The molecule has 1 aliphatic rings. The molecular formula is C21H23F2N3O2. The van der Waals surface area contributed by atoms with Crippen molar-refractivity contribution in [3.05, 3.63) is 54.1 Å². The summed E-state index contributed by atoms with van der Waals surface area (Å²) >= 11 is 0. The van der Waals surface area contributed by atoms with Crippen LogP contribution in [0.5, 0.6) is 0 Å². The van der Waals surface area contributed by atoms with Crippen LogP contribution in [-0.4, -0.2) is 36.8 Å². The second-order valence-corrected chi connectivity index (χ2v) is 6.85. The van der Waals surface area contributed by atoms with Crippen molar-refractivity contribution in [3.63, 3.8) is 0 Å². The molecule has 3 rings (SSSR count). The number of halogens is 2. The van der Waals surface area contributed by atoms with Gasteiger partial charge in [-0.15, -0.1) is 0 Å². The van der Waals surface area contributed by atoms with E-state index in [9.17, 15) is 13.6 Å². The highest BCUT2D eigenvalue weighted by atomic mass is 19.1. The molecule has 0 saturated heterocycles. The SMILES string of the molecule is CON=C1CCC(N(C)C(=O)Nc2ccc(-c3cc(F)cc(F)c3)cc2)CC1. The van der Waals surface area contributed by atoms with E-state index in [2.05, 4.69) is 10.5 Å². The number of urea groups is 1. The molecule has 148 valence electrons. The van der Waals surface area contributed by atoms with Crippen LogP contribution in [0.25, 0.3) is 11.1 Å². The smallest absolute Gasteiger partial charge is 0.321 e. The predicted molar refractivity (Wildman–Crippen MR) is 105 cm³/mol. The van der Waals surface area contributed by atoms with Gasteiger partial charge in [-0.2, -0.15) is 0 Å². The number of nitrogens with zero attached hydrogens (tertiary/aromatic N) is 2. The summed E-state index contributed by atoms with van der Waals surface area (Å²) in [4.78, 5) is 19.0. The summed E-state index contributed by atoms with van der Waals surface area (Å²) in [6.07, 6.45) is 3.32. The lowest BCUT2D eigenvalue weighted by molar-refractivity contribution is 0.191. The first kappa shape index (κ1) is 19.8. The minimum atomic E-state index is -0.625. The average molecular weight is 387 g/mol. The summed E-state index contributed by atoms with van der Waals surface area (Å²) in [6, 6.07) is 10.2. The largest absolute Gasteiger partial charge is 0.399 e. The normalized spacial score (nSPS) is 16.4. The molecule has 2 amide bonds. The molecule has 0 radical (unpaired) electrons. The fourth-order valence-corrected chi connectivity index (χ4v) is 3.39. The average Bonchev–Trinajstić information content (AvgIpc) is 2.68. The molecule has 2 aromatic carbocycles. The summed E-state index contributed by atoms with van der Waals surface area (Å²) < 4.78 is 26.8. The Kier molecular flexibility index (Phi) is 6.23. The maximum absolute atomic E-state index is 13.4. The van der Waals surface area contributed by atoms with Crippen molar-refractivity contribution in [2.75, 3.05) is 19.5 Å². The molecule has 28 heavy (non-hydrogen) atoms. The number of nitrogens with one attached hydrogen (secondary N) is 1. The van der Waals surface area contributed by atoms with E-state index in [1.165, 1.54) is 19.2 Å². The van der Waals surface area contributed by atoms with Gasteiger partial charge in [0, 0.05) is 24.8 Å². The van der Waals surface area contributed by atoms with Crippen molar-refractivity contribution in [1.29, 1.82) is 0 Å². The lowest BCUT2D eigenvalue weighted by Crippen LogP contribution is -2.42. The maximum atomic E-state index is 13.4. The lowest BCUT2D eigenvalue weighted by Gasteiger charge is -2.31. The van der Waals surface area contributed by atoms with Gasteiger partial charge in [0.2, 0.25) is 0 Å². The van der Waals surface area contributed by atoms with Gasteiger partial charge < -0.3 is 15.1 Å². The first-order valence-corrected chi connectivity index (χ1v) is 9.15. The quantitative estimate of drug-likeness (QED) is 0.747. The molecule has 0 spiro atoms. The van der Waals surface area contributed by atoms with Crippen LogP contribution >= 0.6 is 0 Å². The number of rotatable bonds is 4. The monoisotopic (exact) mass is 387 g/mol. The molecule has 1 aliphatic carbocycles. The Morgan fingerprint density at radius 2 is 1.68 bits per heavy atom. The lowest BCUT2D eigenvalue weighted by atomic mass is 9.93. The topological polar surface area (TPSA) is 53.9 Å². The molecule has 0 heterocycles. The number of hydrogen-bond donors (Lipinski definition) is 1. The Labute approximate surface area is 163 Å². The first-order chi connectivity index (χ1) is 13.5. The van der Waals surface area contributed by atoms with E-state index in [1.54, 1.807) is 36.2 Å². The zero-order valence-corrected chi connectivity index (χ0v) is 15.9. The minimum absolute atomic E-state index is 0.144. The second kappa shape index (κ2) is 8.82. The second-order valence-electron chi connectivity index (χ2n) is 6.85. The van der Waals surface area contributed by atoms with Crippen molar-refractivity contribution in [1.82, 2.24) is 4.90 Å². The number of carbonyl (C=O) groups excluding carboxylic acids is 1. The maximum Gasteiger partial charge on any atom is 0.321 e. The molecule has 0 atom stereocenters. The fourth-order valence-electron chi connectivity index (χ4n) is 3.39. The van der Waals surface area contributed by atoms with Gasteiger partial charge in [0.15, 0.2) is 0 Å². The van der Waals surface area contributed by atoms with Gasteiger partial charge in [0.05, 0.1) is 5.71 Å². The summed E-state index contributed by atoms with van der Waals surface area (Å²) in [7, 11) is 3.32. The van der Waals surface area contributed by atoms with Crippen molar-refractivity contribution in [2.24, 2.45) is 5.16 Å². The summed E-state index contributed by atoms with van der Waals surface area (Å²) in [5.41, 5.74) is 2.76. The molecule has 1 saturated carbocycles. The van der Waals surface area contributed by atoms with Crippen LogP contribution in [0.2, 0.25) is 0 Å². The van der Waals surface area contributed by atoms with Gasteiger partial charge in [-0.25, -0.2) is 13.6 Å². The molecular weight excluding hydrogens is 364 g/mol. The van der Waals surface area contributed by atoms with E-state index in [1.807, 2.05) is 0 Å². The Bertz CT molecular complexity index is 838. The van der Waals surface area contributed by atoms with Crippen LogP contribution in [0.3, 0.4) is 0 Å². The van der Waals surface area contributed by atoms with Crippen LogP contribution in [0.4, 0.5) is 19.3 Å². The fraction of sp³-hybridized carbons (Fsp3) is 0.333. The van der Waals surface area contributed by atoms with E-state index in [4.69, 9.17) is 4.84 Å². The third-order valence-corrected chi connectivity index (χ3v) is 4.95. The molecule has 1 N–H and O–H groups in total. The van der Waals surface area contributed by atoms with Crippen LogP contribution in [0.1, 0.15) is 25.7 Å². The van der Waals surface area contributed by atoms with Gasteiger partial charge in [-0.3, -0.25) is 0 Å². The van der Waals surface area contributed by atoms with Crippen molar-refractivity contribution in [3.8, 4) is 11.1 Å². The zero-order valence-electron chi connectivity index (χ0n) is 15.9. The van der Waals surface area contributed by atoms with Crippen LogP contribution in [0, 0.1) is 11.6 Å². The molecule has 0 aromatic heterocycles. The molecule has 0 unspecified atom stereocenters. The Hall–Kier alpha value is -2.96. The number of oxime groups is 1. The van der Waals surface area contributed by atoms with Crippen molar-refractivity contribution in [2.45, 2.75) is 31.7 Å². The molecule has 5 nitrogen and oxygen atoms in total. The molecule has 0 aliphatic heterocycles. The Balaban J connectivity index is 1.60. The van der Waals surface area contributed by atoms with Crippen molar-refractivity contribution >= 4 is 17.4 Å². The van der Waals surface area contributed by atoms with Crippen molar-refractivity contribution < 1.29 is 18.4 Å². The third-order valence-electron chi connectivity index (χ3n) is 4.95. The standard InChI is InChI=1S/C21H23F2N3O2/c1-26(20-9-7-19(8-10-20)25-28-2)21(27)24-18-5-3-14(4-6-18)15-11-16(22)13-17(23)12-15/h3-6,11-13,20H,7-10H2,1-2H3,(H,24,27). The van der Waals surface area contributed by atoms with Gasteiger partial charge in [-0.1, -0.05) is 17.3 Å². The number of anilines is 1. The van der Waals surface area contributed by atoms with Crippen LogP contribution < -0.4 is 5.32 Å². The van der Waals surface area contributed by atoms with Crippen LogP contribution in [-0.2, 0) is 4.84 Å². The summed E-state index contributed by atoms with van der Waals surface area (Å²) in [5, 5.41) is 6.85. The van der Waals surface area contributed by atoms with E-state index in [0.29, 0.717) is 16.8 Å². The van der Waals surface area contributed by atoms with Gasteiger partial charge in [0.1, 0.15) is 18.7 Å². The number of benzene rings is 2. The van der Waals surface area contributed by atoms with Gasteiger partial charge in [0.25, 0.3) is 0 Å². The number of hydrogen-bond acceptors (Lipinski definition) is 3. The highest BCUT2D eigenvalue weighted by Crippen LogP contribution is 2.24. The highest BCUT2D eigenvalue weighted by Gasteiger charge is 2.24. The number of carbonyl (C=O) groups is 1. The zero-order chi connectivity index (χ0) is 20.1. The summed E-state index contributed by atoms with van der Waals surface area (Å²) in [5.74, 6) is -1.25. The third kappa shape index (κ3) is 4.85. The molecule has 0 bridgehead atoms. The Morgan fingerprint density at radius 1 is 1.07 bits per heavy atom. The first-order valence-electron chi connectivity index (χ1n) is 9.15. The predicted octanol–water partition coefficient (Wildman–Crippen LogP) is 5.04. The van der Waals surface area contributed by atoms with Gasteiger partial charge >= 0.3 is 6.03 Å². The van der Waals surface area contributed by atoms with E-state index >= 15 is 0 Å². The number of amides is 2. The van der Waals surface area contributed by atoms with E-state index in [0.717, 1.165) is 37.5 Å². The van der Waals surface area contributed by atoms with Gasteiger partial charge in [-0.05, 0) is 61.1 Å². The molecule has 1 fully saturated rings. The Morgan fingerprint density at radius 3 is 2.25 bits per heavy atom. The van der Waals surface area contributed by atoms with E-state index < -0.39 is 11.6 Å². The molecule has 7 heteroatoms. The highest BCUT2D eigenvalue weighted by molar-refractivity contribution is 5.90. The minimum Gasteiger partial charge on any atom is -0.399 e. The van der Waals surface area contributed by atoms with E-state index in [-0.39, 0.29) is 12.1 Å².